The van der Waals surface area contributed by atoms with Crippen LogP contribution in [0, 0.1) is 0 Å². The molecular formula is C16H27N3O3. The van der Waals surface area contributed by atoms with Gasteiger partial charge in [0.1, 0.15) is 12.4 Å². The van der Waals surface area contributed by atoms with Crippen LogP contribution in [-0.2, 0) is 9.47 Å². The van der Waals surface area contributed by atoms with Crippen LogP contribution in [0.4, 0.5) is 5.69 Å². The molecule has 22 heavy (non-hydrogen) atoms. The molecule has 1 aliphatic heterocycles. The van der Waals surface area contributed by atoms with Gasteiger partial charge < -0.3 is 24.4 Å². The van der Waals surface area contributed by atoms with Gasteiger partial charge in [0.25, 0.3) is 0 Å². The summed E-state index contributed by atoms with van der Waals surface area (Å²) in [7, 11) is 0. The molecule has 1 fully saturated rings. The first-order chi connectivity index (χ1) is 10.9. The highest BCUT2D eigenvalue weighted by Gasteiger charge is 2.10. The summed E-state index contributed by atoms with van der Waals surface area (Å²) in [4.78, 5) is 6.63. The van der Waals surface area contributed by atoms with Gasteiger partial charge in [0.15, 0.2) is 0 Å². The molecule has 0 spiro atoms. The molecule has 2 rings (SSSR count). The number of rotatable bonds is 9. The molecule has 0 bridgehead atoms. The number of hydrogen-bond donors (Lipinski definition) is 1. The summed E-state index contributed by atoms with van der Waals surface area (Å²) >= 11 is 0. The van der Waals surface area contributed by atoms with Crippen molar-refractivity contribution in [3.05, 3.63) is 18.5 Å². The van der Waals surface area contributed by atoms with Crippen LogP contribution in [0.2, 0.25) is 0 Å². The quantitative estimate of drug-likeness (QED) is 0.694. The molecule has 6 nitrogen and oxygen atoms in total. The second-order valence-corrected chi connectivity index (χ2v) is 5.13. The second-order valence-electron chi connectivity index (χ2n) is 5.13. The van der Waals surface area contributed by atoms with Crippen molar-refractivity contribution >= 4 is 5.69 Å². The lowest BCUT2D eigenvalue weighted by Crippen LogP contribution is -2.27. The fourth-order valence-corrected chi connectivity index (χ4v) is 2.35. The minimum absolute atomic E-state index is 0.527. The highest BCUT2D eigenvalue weighted by atomic mass is 16.5. The monoisotopic (exact) mass is 309 g/mol. The molecule has 1 aliphatic rings. The fourth-order valence-electron chi connectivity index (χ4n) is 2.35. The molecule has 0 radical (unpaired) electrons. The summed E-state index contributed by atoms with van der Waals surface area (Å²) in [6.07, 6.45) is 4.80. The van der Waals surface area contributed by atoms with Crippen molar-refractivity contribution in [3.63, 3.8) is 0 Å². The molecule has 6 heteroatoms. The summed E-state index contributed by atoms with van der Waals surface area (Å²) in [5.74, 6) is 0.795. The summed E-state index contributed by atoms with van der Waals surface area (Å²) in [6.45, 7) is 9.19. The molecule has 1 N–H and O–H groups in total. The average Bonchev–Trinajstić information content (AvgIpc) is 2.84. The van der Waals surface area contributed by atoms with E-state index < -0.39 is 0 Å². The van der Waals surface area contributed by atoms with E-state index in [1.54, 1.807) is 6.20 Å². The molecule has 2 heterocycles. The fraction of sp³-hybridized carbons (Fsp3) is 0.688. The van der Waals surface area contributed by atoms with Gasteiger partial charge in [-0.05, 0) is 19.9 Å². The van der Waals surface area contributed by atoms with E-state index in [-0.39, 0.29) is 0 Å². The van der Waals surface area contributed by atoms with Crippen molar-refractivity contribution in [2.75, 3.05) is 64.1 Å². The minimum Gasteiger partial charge on any atom is -0.489 e. The molecule has 1 aromatic heterocycles. The highest BCUT2D eigenvalue weighted by Crippen LogP contribution is 2.20. The van der Waals surface area contributed by atoms with Gasteiger partial charge in [-0.25, -0.2) is 0 Å². The number of nitrogens with zero attached hydrogens (tertiary/aromatic N) is 2. The Hall–Kier alpha value is -1.37. The third-order valence-corrected chi connectivity index (χ3v) is 3.48. The van der Waals surface area contributed by atoms with Crippen molar-refractivity contribution in [1.29, 1.82) is 0 Å². The van der Waals surface area contributed by atoms with Crippen LogP contribution >= 0.6 is 0 Å². The van der Waals surface area contributed by atoms with Crippen molar-refractivity contribution in [1.82, 2.24) is 10.3 Å². The molecule has 0 aliphatic carbocycles. The van der Waals surface area contributed by atoms with Crippen LogP contribution in [0.3, 0.4) is 0 Å². The van der Waals surface area contributed by atoms with E-state index in [4.69, 9.17) is 14.2 Å². The lowest BCUT2D eigenvalue weighted by atomic mass is 10.3. The zero-order valence-electron chi connectivity index (χ0n) is 13.4. The van der Waals surface area contributed by atoms with Crippen LogP contribution in [0.5, 0.6) is 5.75 Å². The molecule has 124 valence electrons. The minimum atomic E-state index is 0.527. The number of aromatic nitrogens is 1. The maximum atomic E-state index is 5.70. The maximum Gasteiger partial charge on any atom is 0.139 e. The number of hydrogen-bond acceptors (Lipinski definition) is 6. The molecular weight excluding hydrogens is 282 g/mol. The van der Waals surface area contributed by atoms with E-state index in [0.29, 0.717) is 26.4 Å². The summed E-state index contributed by atoms with van der Waals surface area (Å²) in [6, 6.07) is 2.05. The van der Waals surface area contributed by atoms with Crippen LogP contribution in [0.15, 0.2) is 18.5 Å². The van der Waals surface area contributed by atoms with E-state index in [1.165, 1.54) is 0 Å². The van der Waals surface area contributed by atoms with E-state index in [9.17, 15) is 0 Å². The van der Waals surface area contributed by atoms with Crippen LogP contribution in [0.1, 0.15) is 13.3 Å². The Morgan fingerprint density at radius 2 is 1.95 bits per heavy atom. The summed E-state index contributed by atoms with van der Waals surface area (Å²) < 4.78 is 16.3. The third-order valence-electron chi connectivity index (χ3n) is 3.48. The SMILES string of the molecule is CCOCCOCCOc1cncc(N2CCCNCC2)c1. The molecule has 0 amide bonds. The Morgan fingerprint density at radius 3 is 2.86 bits per heavy atom. The largest absolute Gasteiger partial charge is 0.489 e. The van der Waals surface area contributed by atoms with Crippen molar-refractivity contribution in [2.24, 2.45) is 0 Å². The van der Waals surface area contributed by atoms with Gasteiger partial charge in [-0.15, -0.1) is 0 Å². The Morgan fingerprint density at radius 1 is 1.09 bits per heavy atom. The van der Waals surface area contributed by atoms with Gasteiger partial charge in [-0.1, -0.05) is 0 Å². The topological polar surface area (TPSA) is 55.9 Å². The third kappa shape index (κ3) is 6.17. The first kappa shape index (κ1) is 17.0. The Bertz CT molecular complexity index is 409. The second kappa shape index (κ2) is 10.4. The summed E-state index contributed by atoms with van der Waals surface area (Å²) in [5.41, 5.74) is 1.12. The number of nitrogens with one attached hydrogen (secondary N) is 1. The molecule has 1 aromatic rings. The predicted molar refractivity (Wildman–Crippen MR) is 86.7 cm³/mol. The van der Waals surface area contributed by atoms with Crippen LogP contribution in [-0.4, -0.2) is 64.2 Å². The molecule has 0 aromatic carbocycles. The van der Waals surface area contributed by atoms with Gasteiger partial charge in [0.2, 0.25) is 0 Å². The van der Waals surface area contributed by atoms with E-state index in [1.807, 2.05) is 13.1 Å². The van der Waals surface area contributed by atoms with Gasteiger partial charge in [0, 0.05) is 32.3 Å². The lowest BCUT2D eigenvalue weighted by Gasteiger charge is -2.22. The summed E-state index contributed by atoms with van der Waals surface area (Å²) in [5, 5.41) is 3.40. The zero-order valence-corrected chi connectivity index (χ0v) is 13.4. The smallest absolute Gasteiger partial charge is 0.139 e. The first-order valence-corrected chi connectivity index (χ1v) is 8.09. The van der Waals surface area contributed by atoms with Crippen molar-refractivity contribution < 1.29 is 14.2 Å². The highest BCUT2D eigenvalue weighted by molar-refractivity contribution is 5.48. The molecule has 0 atom stereocenters. The van der Waals surface area contributed by atoms with Gasteiger partial charge in [-0.3, -0.25) is 4.98 Å². The Kier molecular flexibility index (Phi) is 8.01. The Labute approximate surface area is 132 Å². The maximum absolute atomic E-state index is 5.70. The predicted octanol–water partition coefficient (Wildman–Crippen LogP) is 1.31. The molecule has 0 saturated carbocycles. The van der Waals surface area contributed by atoms with Gasteiger partial charge >= 0.3 is 0 Å². The number of ether oxygens (including phenoxy) is 3. The lowest BCUT2D eigenvalue weighted by molar-refractivity contribution is 0.0404. The standard InChI is InChI=1S/C16H27N3O3/c1-2-20-8-9-21-10-11-22-16-12-15(13-18-14-16)19-6-3-4-17-5-7-19/h12-14,17H,2-11H2,1H3. The van der Waals surface area contributed by atoms with Crippen LogP contribution in [0.25, 0.3) is 0 Å². The zero-order chi connectivity index (χ0) is 15.5. The van der Waals surface area contributed by atoms with Gasteiger partial charge in [0.05, 0.1) is 37.9 Å². The normalized spacial score (nSPS) is 15.6. The van der Waals surface area contributed by atoms with E-state index >= 15 is 0 Å². The number of pyridine rings is 1. The van der Waals surface area contributed by atoms with E-state index in [0.717, 1.165) is 50.6 Å². The van der Waals surface area contributed by atoms with Crippen LogP contribution < -0.4 is 15.0 Å². The number of anilines is 1. The Balaban J connectivity index is 1.71. The van der Waals surface area contributed by atoms with Crippen molar-refractivity contribution in [3.8, 4) is 5.75 Å². The first-order valence-electron chi connectivity index (χ1n) is 8.09. The van der Waals surface area contributed by atoms with E-state index in [2.05, 4.69) is 21.3 Å². The van der Waals surface area contributed by atoms with Crippen molar-refractivity contribution in [2.45, 2.75) is 13.3 Å². The molecule has 0 unspecified atom stereocenters. The van der Waals surface area contributed by atoms with Gasteiger partial charge in [-0.2, -0.15) is 0 Å². The average molecular weight is 309 g/mol. The molecule has 1 saturated heterocycles.